The summed E-state index contributed by atoms with van der Waals surface area (Å²) >= 11 is 0. The molecular weight excluding hydrogens is 933 g/mol. The Balaban J connectivity index is 1.21. The molecule has 0 radical (unpaired) electrons. The highest BCUT2D eigenvalue weighted by Gasteiger charge is 2.66. The number of carbonyl (C=O) groups excluding carboxylic acids is 2. The van der Waals surface area contributed by atoms with Gasteiger partial charge in [-0.3, -0.25) is 9.69 Å². The van der Waals surface area contributed by atoms with Crippen LogP contribution in [0.3, 0.4) is 0 Å². The lowest BCUT2D eigenvalue weighted by Crippen LogP contribution is -2.70. The van der Waals surface area contributed by atoms with Gasteiger partial charge in [0.05, 0.1) is 38.0 Å². The molecule has 6 aromatic rings. The molecule has 1 heterocycles. The normalized spacial score (nSPS) is 21.1. The summed E-state index contributed by atoms with van der Waals surface area (Å²) in [5, 5.41) is 27.3. The van der Waals surface area contributed by atoms with Gasteiger partial charge < -0.3 is 38.7 Å². The Kier molecular flexibility index (Phi) is 17.7. The van der Waals surface area contributed by atoms with E-state index >= 15 is 4.79 Å². The molecule has 3 aliphatic rings. The fourth-order valence-corrected chi connectivity index (χ4v) is 11.2. The second-order valence-electron chi connectivity index (χ2n) is 19.2. The number of carbonyl (C=O) groups is 2. The molecular formula is C62H66N2O10. The number of aldehydes is 1. The van der Waals surface area contributed by atoms with Crippen LogP contribution in [0.25, 0.3) is 10.8 Å². The molecule has 1 amide bonds. The number of nitrogens with zero attached hydrogens (tertiary/aromatic N) is 2. The highest BCUT2D eigenvalue weighted by atomic mass is 16.7. The molecule has 0 spiro atoms. The number of ether oxygens (including phenoxy) is 5. The van der Waals surface area contributed by atoms with Crippen molar-refractivity contribution in [1.82, 2.24) is 4.90 Å². The number of aliphatic hydroxyl groups excluding tert-OH is 2. The van der Waals surface area contributed by atoms with Crippen molar-refractivity contribution in [3.05, 3.63) is 198 Å². The van der Waals surface area contributed by atoms with Crippen LogP contribution in [0.5, 0.6) is 17.2 Å². The summed E-state index contributed by atoms with van der Waals surface area (Å²) in [5.74, 6) is -0.807. The lowest BCUT2D eigenvalue weighted by atomic mass is 9.55. The van der Waals surface area contributed by atoms with E-state index in [2.05, 4.69) is 30.9 Å². The van der Waals surface area contributed by atoms with Gasteiger partial charge in [0.15, 0.2) is 0 Å². The average molecular weight is 999 g/mol. The number of benzene rings is 6. The van der Waals surface area contributed by atoms with Gasteiger partial charge in [-0.2, -0.15) is 0 Å². The molecule has 74 heavy (non-hydrogen) atoms. The van der Waals surface area contributed by atoms with Crippen LogP contribution in [-0.4, -0.2) is 78.1 Å². The fraction of sp³-hybridized carbons (Fsp3) is 0.339. The summed E-state index contributed by atoms with van der Waals surface area (Å²) in [6, 6.07) is 45.9. The lowest BCUT2D eigenvalue weighted by Gasteiger charge is -2.59. The zero-order chi connectivity index (χ0) is 51.1. The van der Waals surface area contributed by atoms with Crippen LogP contribution in [0, 0.1) is 17.8 Å². The Morgan fingerprint density at radius 1 is 0.784 bits per heavy atom. The van der Waals surface area contributed by atoms with Gasteiger partial charge in [-0.1, -0.05) is 145 Å². The topological polar surface area (TPSA) is 146 Å². The largest absolute Gasteiger partial charge is 0.459 e. The van der Waals surface area contributed by atoms with Crippen molar-refractivity contribution < 1.29 is 48.3 Å². The van der Waals surface area contributed by atoms with E-state index in [0.29, 0.717) is 48.0 Å². The lowest BCUT2D eigenvalue weighted by molar-refractivity contribution is -0.256. The van der Waals surface area contributed by atoms with Gasteiger partial charge in [0.1, 0.15) is 42.8 Å². The summed E-state index contributed by atoms with van der Waals surface area (Å²) in [6.45, 7) is 5.22. The molecule has 0 aromatic heterocycles. The third-order valence-corrected chi connectivity index (χ3v) is 14.5. The molecule has 2 aliphatic carbocycles. The molecule has 6 unspecified atom stereocenters. The third kappa shape index (κ3) is 12.0. The maximum absolute atomic E-state index is 15.4. The van der Waals surface area contributed by atoms with Crippen molar-refractivity contribution in [2.75, 3.05) is 33.0 Å². The number of unbranched alkanes of at least 4 members (excludes halogenated alkanes) is 2. The molecule has 384 valence electrons. The molecule has 1 saturated carbocycles. The van der Waals surface area contributed by atoms with E-state index in [1.807, 2.05) is 109 Å². The third-order valence-electron chi connectivity index (χ3n) is 14.5. The van der Waals surface area contributed by atoms with Gasteiger partial charge in [0.2, 0.25) is 5.79 Å². The summed E-state index contributed by atoms with van der Waals surface area (Å²) in [4.78, 5) is 35.3. The van der Waals surface area contributed by atoms with Crippen molar-refractivity contribution in [1.29, 1.82) is 0 Å². The van der Waals surface area contributed by atoms with Crippen molar-refractivity contribution in [2.24, 2.45) is 22.9 Å². The molecule has 6 atom stereocenters. The SMILES string of the molecule is C=CCOC12Oc3ccc(Oc4cccc(C=O)c4)cc3C3C(CCCCO)C(CCCCO)C=C(C(=NOCc4ccccc4)CC1N(Cc1cccc4ccccc14)C(=O)OCCOCc1ccccc1)C32. The number of amides is 1. The van der Waals surface area contributed by atoms with Crippen LogP contribution in [0.2, 0.25) is 0 Å². The first-order chi connectivity index (χ1) is 36.4. The van der Waals surface area contributed by atoms with Crippen LogP contribution in [0.4, 0.5) is 4.79 Å². The van der Waals surface area contributed by atoms with Gasteiger partial charge >= 0.3 is 6.09 Å². The van der Waals surface area contributed by atoms with E-state index in [-0.39, 0.29) is 70.4 Å². The number of allylic oxidation sites excluding steroid dienone is 1. The van der Waals surface area contributed by atoms with Crippen molar-refractivity contribution >= 4 is 28.9 Å². The van der Waals surface area contributed by atoms with E-state index in [9.17, 15) is 15.0 Å². The van der Waals surface area contributed by atoms with Crippen LogP contribution in [0.1, 0.15) is 83.5 Å². The molecule has 12 nitrogen and oxygen atoms in total. The Bertz CT molecular complexity index is 2880. The minimum atomic E-state index is -1.55. The van der Waals surface area contributed by atoms with Gasteiger partial charge in [0.25, 0.3) is 0 Å². The second kappa shape index (κ2) is 25.2. The summed E-state index contributed by atoms with van der Waals surface area (Å²) in [5.41, 5.74) is 5.81. The smallest absolute Gasteiger partial charge is 0.410 e. The first kappa shape index (κ1) is 51.8. The molecule has 0 bridgehead atoms. The maximum Gasteiger partial charge on any atom is 0.410 e. The van der Waals surface area contributed by atoms with Gasteiger partial charge in [0, 0.05) is 36.7 Å². The Labute approximate surface area is 433 Å². The predicted molar refractivity (Wildman–Crippen MR) is 285 cm³/mol. The maximum atomic E-state index is 15.4. The standard InChI is InChI=1S/C62H66N2O10/c1-2-33-71-62-58(64(40-49-25-16-24-47-22-9-10-27-52(47)49)61(68)70-35-34-69-42-44-17-5-3-6-18-44)39-56(63-72-43-45-19-7-4-8-20-45)54-37-48(23-11-13-31-65)53(28-12-14-32-66)59(60(54)62)55-38-51(29-30-57(55)74-62)73-50-26-15-21-46(36-50)41-67/h2-10,15-22,24-27,29-30,36-38,41,48,53,58-60,65-66H,1,11-14,23,28,31-35,39-40,42-43H2. The van der Waals surface area contributed by atoms with Crippen LogP contribution in [0.15, 0.2) is 175 Å². The molecule has 1 aliphatic heterocycles. The molecule has 9 rings (SSSR count). The van der Waals surface area contributed by atoms with Crippen LogP contribution >= 0.6 is 0 Å². The molecule has 0 saturated heterocycles. The van der Waals surface area contributed by atoms with E-state index in [0.717, 1.165) is 70.6 Å². The molecule has 2 N–H and O–H groups in total. The minimum absolute atomic E-state index is 0.00600. The summed E-state index contributed by atoms with van der Waals surface area (Å²) < 4.78 is 33.6. The zero-order valence-corrected chi connectivity index (χ0v) is 41.8. The first-order valence-electron chi connectivity index (χ1n) is 25.9. The summed E-state index contributed by atoms with van der Waals surface area (Å²) in [6.07, 6.45) is 8.77. The average Bonchev–Trinajstić information content (AvgIpc) is 3.44. The van der Waals surface area contributed by atoms with Gasteiger partial charge in [-0.25, -0.2) is 4.79 Å². The van der Waals surface area contributed by atoms with Crippen molar-refractivity contribution in [3.8, 4) is 17.2 Å². The molecule has 12 heteroatoms. The molecule has 1 fully saturated rings. The van der Waals surface area contributed by atoms with Gasteiger partial charge in [-0.05, 0) is 101 Å². The van der Waals surface area contributed by atoms with E-state index < -0.39 is 23.8 Å². The Hall–Kier alpha value is -7.09. The monoisotopic (exact) mass is 998 g/mol. The number of fused-ring (bicyclic) bond motifs is 3. The Morgan fingerprint density at radius 2 is 1.50 bits per heavy atom. The zero-order valence-electron chi connectivity index (χ0n) is 41.8. The van der Waals surface area contributed by atoms with Crippen LogP contribution < -0.4 is 9.47 Å². The number of aliphatic hydroxyl groups is 2. The van der Waals surface area contributed by atoms with E-state index in [1.165, 1.54) is 0 Å². The van der Waals surface area contributed by atoms with Gasteiger partial charge in [-0.15, -0.1) is 6.58 Å². The Morgan fingerprint density at radius 3 is 2.27 bits per heavy atom. The highest BCUT2D eigenvalue weighted by molar-refractivity contribution is 6.03. The number of hydrogen-bond donors (Lipinski definition) is 2. The fourth-order valence-electron chi connectivity index (χ4n) is 11.2. The van der Waals surface area contributed by atoms with E-state index in [4.69, 9.17) is 33.7 Å². The highest BCUT2D eigenvalue weighted by Crippen LogP contribution is 2.62. The van der Waals surface area contributed by atoms with E-state index in [1.54, 1.807) is 29.2 Å². The number of oxime groups is 1. The van der Waals surface area contributed by atoms with Crippen LogP contribution in [-0.2, 0) is 38.8 Å². The minimum Gasteiger partial charge on any atom is -0.459 e. The van der Waals surface area contributed by atoms with Crippen molar-refractivity contribution in [3.63, 3.8) is 0 Å². The number of rotatable bonds is 25. The summed E-state index contributed by atoms with van der Waals surface area (Å²) in [7, 11) is 0. The molecule has 6 aromatic carbocycles. The first-order valence-corrected chi connectivity index (χ1v) is 25.9. The van der Waals surface area contributed by atoms with Crippen molar-refractivity contribution in [2.45, 2.75) is 82.5 Å². The number of hydrogen-bond acceptors (Lipinski definition) is 11. The predicted octanol–water partition coefficient (Wildman–Crippen LogP) is 12.1. The quantitative estimate of drug-likeness (QED) is 0.0246. The second-order valence-corrected chi connectivity index (χ2v) is 19.2.